The third-order valence-corrected chi connectivity index (χ3v) is 7.19. The van der Waals surface area contributed by atoms with Crippen LogP contribution in [-0.4, -0.2) is 37.8 Å². The summed E-state index contributed by atoms with van der Waals surface area (Å²) in [5.74, 6) is 0.219. The highest BCUT2D eigenvalue weighted by Gasteiger charge is 2.32. The normalized spacial score (nSPS) is 23.3. The van der Waals surface area contributed by atoms with Gasteiger partial charge in [0.15, 0.2) is 0 Å². The van der Waals surface area contributed by atoms with Crippen molar-refractivity contribution in [1.29, 1.82) is 0 Å². The Morgan fingerprint density at radius 3 is 2.60 bits per heavy atom. The number of sulfonamides is 1. The Bertz CT molecular complexity index is 711. The molecule has 138 valence electrons. The van der Waals surface area contributed by atoms with Crippen molar-refractivity contribution in [2.75, 3.05) is 13.1 Å². The molecule has 1 aromatic carbocycles. The van der Waals surface area contributed by atoms with Crippen molar-refractivity contribution in [3.63, 3.8) is 0 Å². The van der Waals surface area contributed by atoms with Gasteiger partial charge in [-0.2, -0.15) is 4.31 Å². The predicted molar refractivity (Wildman–Crippen MR) is 97.7 cm³/mol. The van der Waals surface area contributed by atoms with Gasteiger partial charge in [0.1, 0.15) is 0 Å². The molecule has 6 heteroatoms. The third kappa shape index (κ3) is 4.42. The zero-order chi connectivity index (χ0) is 17.9. The summed E-state index contributed by atoms with van der Waals surface area (Å²) in [4.78, 5) is 12.8. The summed E-state index contributed by atoms with van der Waals surface area (Å²) in [5, 5.41) is 3.11. The Labute approximate surface area is 150 Å². The number of carbonyl (C=O) groups excluding carboxylic acids is 1. The van der Waals surface area contributed by atoms with Crippen LogP contribution in [0.3, 0.4) is 0 Å². The maximum absolute atomic E-state index is 12.9. The van der Waals surface area contributed by atoms with E-state index in [0.29, 0.717) is 18.0 Å². The van der Waals surface area contributed by atoms with Crippen LogP contribution in [0.1, 0.15) is 50.5 Å². The van der Waals surface area contributed by atoms with E-state index in [1.165, 1.54) is 10.7 Å². The molecule has 0 aromatic heterocycles. The molecule has 1 unspecified atom stereocenters. The molecule has 0 bridgehead atoms. The first-order valence-electron chi connectivity index (χ1n) is 9.34. The lowest BCUT2D eigenvalue weighted by Gasteiger charge is -2.33. The molecule has 1 amide bonds. The fourth-order valence-electron chi connectivity index (χ4n) is 3.89. The van der Waals surface area contributed by atoms with E-state index in [1.807, 2.05) is 13.0 Å². The van der Waals surface area contributed by atoms with Crippen molar-refractivity contribution in [2.45, 2.75) is 62.8 Å². The molecule has 1 aromatic rings. The molecule has 1 N–H and O–H groups in total. The molecule has 0 spiro atoms. The third-order valence-electron chi connectivity index (χ3n) is 5.33. The molecule has 5 nitrogen and oxygen atoms in total. The van der Waals surface area contributed by atoms with Gasteiger partial charge >= 0.3 is 0 Å². The Balaban J connectivity index is 1.65. The molecule has 2 aliphatic rings. The molecule has 2 fully saturated rings. The molecule has 1 saturated carbocycles. The van der Waals surface area contributed by atoms with E-state index < -0.39 is 10.0 Å². The van der Waals surface area contributed by atoms with E-state index in [-0.39, 0.29) is 17.9 Å². The van der Waals surface area contributed by atoms with E-state index in [1.54, 1.807) is 18.2 Å². The van der Waals surface area contributed by atoms with Gasteiger partial charge in [-0.1, -0.05) is 31.4 Å². The van der Waals surface area contributed by atoms with Crippen molar-refractivity contribution in [3.8, 4) is 0 Å². The first-order valence-corrected chi connectivity index (χ1v) is 10.8. The summed E-state index contributed by atoms with van der Waals surface area (Å²) < 4.78 is 27.3. The second-order valence-corrected chi connectivity index (χ2v) is 9.30. The predicted octanol–water partition coefficient (Wildman–Crippen LogP) is 2.84. The Morgan fingerprint density at radius 1 is 1.12 bits per heavy atom. The van der Waals surface area contributed by atoms with Crippen molar-refractivity contribution in [2.24, 2.45) is 5.92 Å². The molecule has 3 rings (SSSR count). The number of hydrogen-bond donors (Lipinski definition) is 1. The first-order chi connectivity index (χ1) is 12.0. The number of nitrogens with one attached hydrogen (secondary N) is 1. The monoisotopic (exact) mass is 364 g/mol. The number of nitrogens with zero attached hydrogens (tertiary/aromatic N) is 1. The van der Waals surface area contributed by atoms with Crippen LogP contribution < -0.4 is 5.32 Å². The van der Waals surface area contributed by atoms with Gasteiger partial charge in [0.25, 0.3) is 0 Å². The highest BCUT2D eigenvalue weighted by atomic mass is 32.2. The van der Waals surface area contributed by atoms with E-state index in [4.69, 9.17) is 0 Å². The fourth-order valence-corrected chi connectivity index (χ4v) is 5.52. The van der Waals surface area contributed by atoms with Crippen LogP contribution >= 0.6 is 0 Å². The minimum Gasteiger partial charge on any atom is -0.352 e. The summed E-state index contributed by atoms with van der Waals surface area (Å²) in [7, 11) is -3.50. The summed E-state index contributed by atoms with van der Waals surface area (Å²) in [6, 6.07) is 6.94. The second-order valence-electron chi connectivity index (χ2n) is 7.36. The maximum Gasteiger partial charge on any atom is 0.243 e. The molecule has 1 aliphatic carbocycles. The number of amides is 1. The Morgan fingerprint density at radius 2 is 1.88 bits per heavy atom. The number of benzene rings is 1. The van der Waals surface area contributed by atoms with Gasteiger partial charge in [-0.3, -0.25) is 4.79 Å². The van der Waals surface area contributed by atoms with Gasteiger partial charge in [0.05, 0.1) is 4.90 Å². The highest BCUT2D eigenvalue weighted by molar-refractivity contribution is 7.89. The summed E-state index contributed by atoms with van der Waals surface area (Å²) in [6.07, 6.45) is 7.01. The number of piperidine rings is 1. The number of aryl methyl sites for hydroxylation is 1. The van der Waals surface area contributed by atoms with Crippen LogP contribution in [0.25, 0.3) is 0 Å². The van der Waals surface area contributed by atoms with Gasteiger partial charge in [-0.15, -0.1) is 0 Å². The maximum atomic E-state index is 12.9. The van der Waals surface area contributed by atoms with E-state index in [2.05, 4.69) is 5.32 Å². The van der Waals surface area contributed by atoms with Crippen LogP contribution in [0.4, 0.5) is 0 Å². The van der Waals surface area contributed by atoms with Crippen LogP contribution in [0.5, 0.6) is 0 Å². The molecule has 25 heavy (non-hydrogen) atoms. The molecule has 1 aliphatic heterocycles. The van der Waals surface area contributed by atoms with Crippen LogP contribution in [0.2, 0.25) is 0 Å². The summed E-state index contributed by atoms with van der Waals surface area (Å²) >= 11 is 0. The van der Waals surface area contributed by atoms with E-state index >= 15 is 0 Å². The van der Waals surface area contributed by atoms with Crippen molar-refractivity contribution < 1.29 is 13.2 Å². The van der Waals surface area contributed by atoms with Crippen molar-refractivity contribution in [1.82, 2.24) is 9.62 Å². The zero-order valence-corrected chi connectivity index (χ0v) is 15.7. The lowest BCUT2D eigenvalue weighted by molar-refractivity contribution is -0.126. The average Bonchev–Trinajstić information content (AvgIpc) is 2.62. The second kappa shape index (κ2) is 7.87. The van der Waals surface area contributed by atoms with Crippen LogP contribution in [-0.2, 0) is 14.8 Å². The fraction of sp³-hybridized carbons (Fsp3) is 0.632. The molecule has 0 radical (unpaired) electrons. The molecule has 1 saturated heterocycles. The largest absolute Gasteiger partial charge is 0.352 e. The number of hydrogen-bond acceptors (Lipinski definition) is 3. The molecular formula is C19H28N2O3S. The minimum absolute atomic E-state index is 0.0808. The zero-order valence-electron chi connectivity index (χ0n) is 14.9. The van der Waals surface area contributed by atoms with Crippen molar-refractivity contribution >= 4 is 15.9 Å². The SMILES string of the molecule is Cc1cccc(S(=O)(=O)N2CCCC(NC(=O)C3CCCCC3)C2)c1. The van der Waals surface area contributed by atoms with Gasteiger partial charge in [0.2, 0.25) is 15.9 Å². The Hall–Kier alpha value is -1.40. The molecular weight excluding hydrogens is 336 g/mol. The lowest BCUT2D eigenvalue weighted by atomic mass is 9.88. The molecule has 1 atom stereocenters. The lowest BCUT2D eigenvalue weighted by Crippen LogP contribution is -2.50. The first kappa shape index (κ1) is 18.4. The van der Waals surface area contributed by atoms with Crippen LogP contribution in [0.15, 0.2) is 29.2 Å². The highest BCUT2D eigenvalue weighted by Crippen LogP contribution is 2.25. The number of rotatable bonds is 4. The average molecular weight is 365 g/mol. The van der Waals surface area contributed by atoms with Crippen molar-refractivity contribution in [3.05, 3.63) is 29.8 Å². The summed E-state index contributed by atoms with van der Waals surface area (Å²) in [6.45, 7) is 2.78. The standard InChI is InChI=1S/C19H28N2O3S/c1-15-7-5-11-18(13-15)25(23,24)21-12-6-10-17(14-21)20-19(22)16-8-3-2-4-9-16/h5,7,11,13,16-17H,2-4,6,8-10,12,14H2,1H3,(H,20,22). The summed E-state index contributed by atoms with van der Waals surface area (Å²) in [5.41, 5.74) is 0.931. The van der Waals surface area contributed by atoms with Gasteiger partial charge in [0, 0.05) is 25.0 Å². The van der Waals surface area contributed by atoms with Crippen LogP contribution in [0, 0.1) is 12.8 Å². The van der Waals surface area contributed by atoms with Gasteiger partial charge in [-0.05, 0) is 50.3 Å². The number of carbonyl (C=O) groups is 1. The quantitative estimate of drug-likeness (QED) is 0.893. The van der Waals surface area contributed by atoms with Gasteiger partial charge < -0.3 is 5.32 Å². The topological polar surface area (TPSA) is 66.5 Å². The molecule has 1 heterocycles. The smallest absolute Gasteiger partial charge is 0.243 e. The Kier molecular flexibility index (Phi) is 5.79. The van der Waals surface area contributed by atoms with E-state index in [0.717, 1.165) is 44.1 Å². The minimum atomic E-state index is -3.50. The van der Waals surface area contributed by atoms with Gasteiger partial charge in [-0.25, -0.2) is 8.42 Å². The van der Waals surface area contributed by atoms with E-state index in [9.17, 15) is 13.2 Å².